The Labute approximate surface area is 121 Å². The molecule has 1 aromatic heterocycles. The van der Waals surface area contributed by atoms with Crippen molar-refractivity contribution in [1.29, 1.82) is 0 Å². The number of aromatic nitrogens is 1. The van der Waals surface area contributed by atoms with Gasteiger partial charge in [0.2, 0.25) is 0 Å². The Morgan fingerprint density at radius 1 is 1.05 bits per heavy atom. The highest BCUT2D eigenvalue weighted by Crippen LogP contribution is 2.12. The van der Waals surface area contributed by atoms with Crippen LogP contribution in [-0.2, 0) is 0 Å². The zero-order chi connectivity index (χ0) is 14.4. The highest BCUT2D eigenvalue weighted by molar-refractivity contribution is 6.83. The summed E-state index contributed by atoms with van der Waals surface area (Å²) in [4.78, 5) is 8.60. The van der Waals surface area contributed by atoms with Crippen molar-refractivity contribution in [1.82, 2.24) is 4.98 Å². The highest BCUT2D eigenvalue weighted by Gasteiger charge is 2.07. The van der Waals surface area contributed by atoms with Gasteiger partial charge in [0.05, 0.1) is 17.6 Å². The van der Waals surface area contributed by atoms with Gasteiger partial charge in [-0.05, 0) is 36.4 Å². The standard InChI is InChI=1S/C17H18N2Si/c1-20(2,3)13-11-15-7-9-16(10-8-15)19-14-17-6-4-5-12-18-17/h4-10,12,14H,1-3H3. The summed E-state index contributed by atoms with van der Waals surface area (Å²) in [7, 11) is -1.31. The summed E-state index contributed by atoms with van der Waals surface area (Å²) in [5, 5.41) is 0. The van der Waals surface area contributed by atoms with E-state index in [9.17, 15) is 0 Å². The molecule has 2 nitrogen and oxygen atoms in total. The Bertz CT molecular complexity index is 641. The van der Waals surface area contributed by atoms with E-state index in [0.29, 0.717) is 0 Å². The first-order valence-corrected chi connectivity index (χ1v) is 10.1. The molecule has 0 radical (unpaired) electrons. The Balaban J connectivity index is 2.09. The van der Waals surface area contributed by atoms with Crippen LogP contribution in [0.3, 0.4) is 0 Å². The van der Waals surface area contributed by atoms with Crippen LogP contribution in [-0.4, -0.2) is 19.3 Å². The van der Waals surface area contributed by atoms with E-state index < -0.39 is 8.07 Å². The molecule has 20 heavy (non-hydrogen) atoms. The van der Waals surface area contributed by atoms with Crippen molar-refractivity contribution in [2.45, 2.75) is 19.6 Å². The van der Waals surface area contributed by atoms with Gasteiger partial charge in [-0.25, -0.2) is 0 Å². The van der Waals surface area contributed by atoms with Crippen molar-refractivity contribution in [3.63, 3.8) is 0 Å². The molecule has 0 aliphatic rings. The van der Waals surface area contributed by atoms with Crippen molar-refractivity contribution in [2.24, 2.45) is 4.99 Å². The van der Waals surface area contributed by atoms with Crippen LogP contribution >= 0.6 is 0 Å². The van der Waals surface area contributed by atoms with Crippen molar-refractivity contribution in [2.75, 3.05) is 0 Å². The van der Waals surface area contributed by atoms with Crippen LogP contribution < -0.4 is 0 Å². The summed E-state index contributed by atoms with van der Waals surface area (Å²) in [6.45, 7) is 6.72. The molecule has 0 unspecified atom stereocenters. The van der Waals surface area contributed by atoms with E-state index in [0.717, 1.165) is 16.9 Å². The summed E-state index contributed by atoms with van der Waals surface area (Å²) < 4.78 is 0. The number of hydrogen-bond acceptors (Lipinski definition) is 2. The third-order valence-corrected chi connectivity index (χ3v) is 3.36. The summed E-state index contributed by atoms with van der Waals surface area (Å²) in [5.74, 6) is 3.23. The lowest BCUT2D eigenvalue weighted by molar-refractivity contribution is 1.30. The molecule has 100 valence electrons. The first-order chi connectivity index (χ1) is 9.53. The minimum atomic E-state index is -1.31. The van der Waals surface area contributed by atoms with Crippen molar-refractivity contribution < 1.29 is 0 Å². The molecule has 0 saturated heterocycles. The second-order valence-electron chi connectivity index (χ2n) is 5.56. The topological polar surface area (TPSA) is 25.2 Å². The van der Waals surface area contributed by atoms with Crippen LogP contribution in [0.2, 0.25) is 19.6 Å². The van der Waals surface area contributed by atoms with E-state index in [-0.39, 0.29) is 0 Å². The maximum Gasteiger partial charge on any atom is 0.129 e. The molecule has 2 aromatic rings. The Kier molecular flexibility index (Phi) is 4.49. The molecule has 0 spiro atoms. The molecule has 0 saturated carbocycles. The fourth-order valence-electron chi connectivity index (χ4n) is 1.48. The number of hydrogen-bond donors (Lipinski definition) is 0. The molecule has 0 aliphatic carbocycles. The van der Waals surface area contributed by atoms with Crippen LogP contribution in [0.25, 0.3) is 0 Å². The molecule has 3 heteroatoms. The zero-order valence-corrected chi connectivity index (χ0v) is 13.1. The third-order valence-electron chi connectivity index (χ3n) is 2.48. The average molecular weight is 278 g/mol. The molecule has 1 aromatic carbocycles. The van der Waals surface area contributed by atoms with E-state index in [1.54, 1.807) is 12.4 Å². The Hall–Kier alpha value is -2.18. The normalized spacial score (nSPS) is 11.2. The van der Waals surface area contributed by atoms with Gasteiger partial charge in [0.25, 0.3) is 0 Å². The lowest BCUT2D eigenvalue weighted by atomic mass is 10.2. The summed E-state index contributed by atoms with van der Waals surface area (Å²) in [5.41, 5.74) is 6.17. The fourth-order valence-corrected chi connectivity index (χ4v) is 2.00. The molecular formula is C17H18N2Si. The number of aliphatic imine (C=N–C) groups is 1. The third kappa shape index (κ3) is 4.83. The first kappa shape index (κ1) is 14.2. The number of rotatable bonds is 2. The molecule has 0 amide bonds. The second kappa shape index (κ2) is 6.31. The smallest absolute Gasteiger partial charge is 0.129 e. The summed E-state index contributed by atoms with van der Waals surface area (Å²) in [6, 6.07) is 13.8. The van der Waals surface area contributed by atoms with E-state index in [1.165, 1.54) is 0 Å². The molecule has 0 bridgehead atoms. The van der Waals surface area contributed by atoms with E-state index in [2.05, 4.69) is 41.1 Å². The zero-order valence-electron chi connectivity index (χ0n) is 12.1. The minimum Gasteiger partial charge on any atom is -0.255 e. The monoisotopic (exact) mass is 278 g/mol. The number of benzene rings is 1. The maximum atomic E-state index is 4.40. The van der Waals surface area contributed by atoms with Gasteiger partial charge in [-0.3, -0.25) is 9.98 Å². The fraction of sp³-hybridized carbons (Fsp3) is 0.176. The molecule has 2 rings (SSSR count). The first-order valence-electron chi connectivity index (χ1n) is 6.61. The molecule has 0 atom stereocenters. The van der Waals surface area contributed by atoms with Gasteiger partial charge < -0.3 is 0 Å². The van der Waals surface area contributed by atoms with Crippen molar-refractivity contribution in [3.05, 3.63) is 59.9 Å². The van der Waals surface area contributed by atoms with Crippen LogP contribution in [0, 0.1) is 11.5 Å². The minimum absolute atomic E-state index is 0.857. The van der Waals surface area contributed by atoms with Gasteiger partial charge in [0.15, 0.2) is 0 Å². The Morgan fingerprint density at radius 3 is 2.40 bits per heavy atom. The van der Waals surface area contributed by atoms with Crippen LogP contribution in [0.15, 0.2) is 53.7 Å². The number of pyridine rings is 1. The van der Waals surface area contributed by atoms with Gasteiger partial charge in [0, 0.05) is 11.8 Å². The predicted octanol–water partition coefficient (Wildman–Crippen LogP) is 4.06. The highest BCUT2D eigenvalue weighted by atomic mass is 28.3. The van der Waals surface area contributed by atoms with Gasteiger partial charge in [-0.1, -0.05) is 31.6 Å². The van der Waals surface area contributed by atoms with E-state index in [4.69, 9.17) is 0 Å². The van der Waals surface area contributed by atoms with Gasteiger partial charge in [0.1, 0.15) is 8.07 Å². The van der Waals surface area contributed by atoms with E-state index in [1.807, 2.05) is 42.5 Å². The van der Waals surface area contributed by atoms with Crippen LogP contribution in [0.4, 0.5) is 5.69 Å². The van der Waals surface area contributed by atoms with Crippen LogP contribution in [0.1, 0.15) is 11.3 Å². The average Bonchev–Trinajstić information content (AvgIpc) is 2.44. The lowest BCUT2D eigenvalue weighted by Crippen LogP contribution is -2.16. The molecule has 0 aliphatic heterocycles. The van der Waals surface area contributed by atoms with Gasteiger partial charge in [-0.2, -0.15) is 0 Å². The summed E-state index contributed by atoms with van der Waals surface area (Å²) >= 11 is 0. The lowest BCUT2D eigenvalue weighted by Gasteiger charge is -2.03. The SMILES string of the molecule is C[Si](C)(C)C#Cc1ccc(N=Cc2ccccn2)cc1. The van der Waals surface area contributed by atoms with Crippen LogP contribution in [0.5, 0.6) is 0 Å². The maximum absolute atomic E-state index is 4.40. The number of nitrogens with zero attached hydrogens (tertiary/aromatic N) is 2. The van der Waals surface area contributed by atoms with Gasteiger partial charge in [-0.15, -0.1) is 5.54 Å². The van der Waals surface area contributed by atoms with Crippen molar-refractivity contribution in [3.8, 4) is 11.5 Å². The summed E-state index contributed by atoms with van der Waals surface area (Å²) in [6.07, 6.45) is 3.53. The van der Waals surface area contributed by atoms with Crippen molar-refractivity contribution >= 4 is 20.0 Å². The molecule has 0 fully saturated rings. The molecular weight excluding hydrogens is 260 g/mol. The Morgan fingerprint density at radius 2 is 1.80 bits per heavy atom. The predicted molar refractivity (Wildman–Crippen MR) is 88.2 cm³/mol. The second-order valence-corrected chi connectivity index (χ2v) is 10.3. The van der Waals surface area contributed by atoms with Gasteiger partial charge >= 0.3 is 0 Å². The molecule has 1 heterocycles. The molecule has 0 N–H and O–H groups in total. The quantitative estimate of drug-likeness (QED) is 0.462. The largest absolute Gasteiger partial charge is 0.255 e. The van der Waals surface area contributed by atoms with E-state index >= 15 is 0 Å².